The number of methoxy groups -OCH3 is 1. The maximum absolute atomic E-state index is 14.0. The fourth-order valence-corrected chi connectivity index (χ4v) is 1.64. The molecule has 0 bridgehead atoms. The van der Waals surface area contributed by atoms with Gasteiger partial charge in [0.15, 0.2) is 0 Å². The van der Waals surface area contributed by atoms with Crippen LogP contribution in [0.2, 0.25) is 0 Å². The first-order valence-corrected chi connectivity index (χ1v) is 5.13. The number of hydrogen-bond acceptors (Lipinski definition) is 2. The Hall–Kier alpha value is -1.11. The zero-order chi connectivity index (χ0) is 13.3. The van der Waals surface area contributed by atoms with Crippen molar-refractivity contribution in [3.8, 4) is 0 Å². The third-order valence-electron chi connectivity index (χ3n) is 2.08. The van der Waals surface area contributed by atoms with Crippen LogP contribution in [-0.2, 0) is 15.2 Å². The number of esters is 1. The Morgan fingerprint density at radius 1 is 1.29 bits per heavy atom. The molecule has 0 unspecified atom stereocenters. The molecule has 7 heteroatoms. The molecular weight excluding hydrogens is 308 g/mol. The molecule has 0 fully saturated rings. The second-order valence-corrected chi connectivity index (χ2v) is 4.07. The lowest BCUT2D eigenvalue weighted by Gasteiger charge is -2.25. The Balaban J connectivity index is 3.40. The number of hydrogen-bond donors (Lipinski definition) is 0. The van der Waals surface area contributed by atoms with Crippen LogP contribution in [0.1, 0.15) is 5.56 Å². The van der Waals surface area contributed by atoms with Gasteiger partial charge >= 0.3 is 17.8 Å². The van der Waals surface area contributed by atoms with Gasteiger partial charge in [0.1, 0.15) is 0 Å². The molecule has 0 amide bonds. The van der Waals surface area contributed by atoms with E-state index >= 15 is 0 Å². The maximum Gasteiger partial charge on any atom is 0.437 e. The van der Waals surface area contributed by atoms with Crippen LogP contribution in [0.5, 0.6) is 0 Å². The highest BCUT2D eigenvalue weighted by molar-refractivity contribution is 9.10. The lowest BCUT2D eigenvalue weighted by molar-refractivity contribution is -0.242. The van der Waals surface area contributed by atoms with E-state index in [0.29, 0.717) is 7.11 Å². The largest absolute Gasteiger partial charge is 0.466 e. The standard InChI is InChI=1S/C10H7BrF4O2/c1-17-8(16)9(12,10(13,14)15)6-3-2-4-7(11)5-6/h2-5H,1H3/t9-/m1/s1. The fourth-order valence-electron chi connectivity index (χ4n) is 1.24. The van der Waals surface area contributed by atoms with Gasteiger partial charge in [-0.05, 0) is 12.1 Å². The Kier molecular flexibility index (Phi) is 3.81. The van der Waals surface area contributed by atoms with E-state index in [0.717, 1.165) is 12.1 Å². The summed E-state index contributed by atoms with van der Waals surface area (Å²) in [5.74, 6) is -2.00. The van der Waals surface area contributed by atoms with Gasteiger partial charge < -0.3 is 4.74 Å². The summed E-state index contributed by atoms with van der Waals surface area (Å²) >= 11 is 2.91. The van der Waals surface area contributed by atoms with E-state index in [4.69, 9.17) is 0 Å². The van der Waals surface area contributed by atoms with Gasteiger partial charge in [-0.1, -0.05) is 28.1 Å². The first-order valence-electron chi connectivity index (χ1n) is 4.33. The van der Waals surface area contributed by atoms with Crippen LogP contribution in [0.4, 0.5) is 17.6 Å². The number of carbonyl (C=O) groups is 1. The number of alkyl halides is 4. The van der Waals surface area contributed by atoms with Crippen LogP contribution in [0.3, 0.4) is 0 Å². The molecule has 0 aliphatic heterocycles. The first kappa shape index (κ1) is 14.0. The van der Waals surface area contributed by atoms with Crippen molar-refractivity contribution in [1.29, 1.82) is 0 Å². The summed E-state index contributed by atoms with van der Waals surface area (Å²) in [5.41, 5.74) is -4.99. The van der Waals surface area contributed by atoms with E-state index in [1.165, 1.54) is 12.1 Å². The van der Waals surface area contributed by atoms with Crippen LogP contribution >= 0.6 is 15.9 Å². The van der Waals surface area contributed by atoms with Crippen molar-refractivity contribution >= 4 is 21.9 Å². The first-order chi connectivity index (χ1) is 7.73. The number of ether oxygens (including phenoxy) is 1. The molecule has 0 saturated carbocycles. The predicted molar refractivity (Wildman–Crippen MR) is 55.0 cm³/mol. The molecule has 0 N–H and O–H groups in total. The summed E-state index contributed by atoms with van der Waals surface area (Å²) in [7, 11) is 0.695. The van der Waals surface area contributed by atoms with Crippen LogP contribution in [0.25, 0.3) is 0 Å². The minimum Gasteiger partial charge on any atom is -0.466 e. The summed E-state index contributed by atoms with van der Waals surface area (Å²) in [4.78, 5) is 11.1. The molecule has 0 aromatic heterocycles. The van der Waals surface area contributed by atoms with Crippen molar-refractivity contribution in [2.75, 3.05) is 7.11 Å². The molecule has 0 aliphatic carbocycles. The molecule has 0 spiro atoms. The highest BCUT2D eigenvalue weighted by Gasteiger charge is 2.64. The SMILES string of the molecule is COC(=O)[C@](F)(c1cccc(Br)c1)C(F)(F)F. The van der Waals surface area contributed by atoms with E-state index in [2.05, 4.69) is 20.7 Å². The van der Waals surface area contributed by atoms with Crippen molar-refractivity contribution in [3.05, 3.63) is 34.3 Å². The molecule has 0 radical (unpaired) electrons. The summed E-state index contributed by atoms with van der Waals surface area (Å²) in [5, 5.41) is 0. The lowest BCUT2D eigenvalue weighted by atomic mass is 9.95. The highest BCUT2D eigenvalue weighted by Crippen LogP contribution is 2.44. The van der Waals surface area contributed by atoms with Gasteiger partial charge in [0.05, 0.1) is 7.11 Å². The lowest BCUT2D eigenvalue weighted by Crippen LogP contribution is -2.46. The minimum atomic E-state index is -5.39. The third-order valence-corrected chi connectivity index (χ3v) is 2.57. The van der Waals surface area contributed by atoms with Crippen molar-refractivity contribution in [2.45, 2.75) is 11.8 Å². The van der Waals surface area contributed by atoms with E-state index in [1.54, 1.807) is 0 Å². The van der Waals surface area contributed by atoms with E-state index in [1.807, 2.05) is 0 Å². The van der Waals surface area contributed by atoms with Crippen LogP contribution in [0.15, 0.2) is 28.7 Å². The van der Waals surface area contributed by atoms with Crippen molar-refractivity contribution < 1.29 is 27.1 Å². The average molecular weight is 315 g/mol. The molecule has 0 heterocycles. The Labute approximate surface area is 103 Å². The van der Waals surface area contributed by atoms with Crippen molar-refractivity contribution in [3.63, 3.8) is 0 Å². The molecule has 1 aromatic rings. The minimum absolute atomic E-state index is 0.227. The zero-order valence-electron chi connectivity index (χ0n) is 8.52. The summed E-state index contributed by atoms with van der Waals surface area (Å²) in [6.07, 6.45) is -5.39. The Bertz CT molecular complexity index is 433. The van der Waals surface area contributed by atoms with Gasteiger partial charge in [-0.25, -0.2) is 9.18 Å². The highest BCUT2D eigenvalue weighted by atomic mass is 79.9. The zero-order valence-corrected chi connectivity index (χ0v) is 10.1. The maximum atomic E-state index is 14.0. The molecule has 1 atom stereocenters. The van der Waals surface area contributed by atoms with Gasteiger partial charge in [-0.2, -0.15) is 13.2 Å². The second-order valence-electron chi connectivity index (χ2n) is 3.16. The smallest absolute Gasteiger partial charge is 0.437 e. The molecule has 0 aliphatic rings. The van der Waals surface area contributed by atoms with E-state index in [-0.39, 0.29) is 4.47 Å². The molecule has 17 heavy (non-hydrogen) atoms. The second kappa shape index (κ2) is 4.64. The number of carbonyl (C=O) groups excluding carboxylic acids is 1. The van der Waals surface area contributed by atoms with Crippen molar-refractivity contribution in [2.24, 2.45) is 0 Å². The molecule has 0 saturated heterocycles. The van der Waals surface area contributed by atoms with Gasteiger partial charge in [-0.3, -0.25) is 0 Å². The number of benzene rings is 1. The predicted octanol–water partition coefficient (Wildman–Crippen LogP) is 3.35. The van der Waals surface area contributed by atoms with Crippen molar-refractivity contribution in [1.82, 2.24) is 0 Å². The van der Waals surface area contributed by atoms with Gasteiger partial charge in [0.25, 0.3) is 0 Å². The topological polar surface area (TPSA) is 26.3 Å². The quantitative estimate of drug-likeness (QED) is 0.618. The molecule has 1 aromatic carbocycles. The van der Waals surface area contributed by atoms with Crippen LogP contribution in [0, 0.1) is 0 Å². The third kappa shape index (κ3) is 2.43. The van der Waals surface area contributed by atoms with E-state index in [9.17, 15) is 22.4 Å². The number of rotatable bonds is 2. The summed E-state index contributed by atoms with van der Waals surface area (Å²) < 4.78 is 56.1. The van der Waals surface area contributed by atoms with Crippen LogP contribution in [-0.4, -0.2) is 19.3 Å². The molecule has 1 rings (SSSR count). The Morgan fingerprint density at radius 3 is 2.29 bits per heavy atom. The fraction of sp³-hybridized carbons (Fsp3) is 0.300. The normalized spacial score (nSPS) is 15.2. The molecule has 2 nitrogen and oxygen atoms in total. The molecule has 94 valence electrons. The summed E-state index contributed by atoms with van der Waals surface area (Å²) in [6.45, 7) is 0. The van der Waals surface area contributed by atoms with Gasteiger partial charge in [0, 0.05) is 10.0 Å². The van der Waals surface area contributed by atoms with Crippen LogP contribution < -0.4 is 0 Å². The van der Waals surface area contributed by atoms with E-state index < -0.39 is 23.4 Å². The Morgan fingerprint density at radius 2 is 1.88 bits per heavy atom. The average Bonchev–Trinajstić information content (AvgIpc) is 2.25. The molecular formula is C10H7BrF4O2. The summed E-state index contributed by atoms with van der Waals surface area (Å²) in [6, 6.07) is 4.36. The van der Waals surface area contributed by atoms with Gasteiger partial charge in [0.2, 0.25) is 0 Å². The monoisotopic (exact) mass is 314 g/mol. The van der Waals surface area contributed by atoms with Gasteiger partial charge in [-0.15, -0.1) is 0 Å². The number of halogens is 5.